The summed E-state index contributed by atoms with van der Waals surface area (Å²) in [6.45, 7) is 4.67. The number of amides is 1. The number of aryl methyl sites for hydroxylation is 4. The molecule has 0 saturated carbocycles. The monoisotopic (exact) mass is 421 g/mol. The minimum Gasteiger partial charge on any atom is -0.356 e. The molecule has 0 aromatic carbocycles. The van der Waals surface area contributed by atoms with Crippen LogP contribution in [0.1, 0.15) is 29.9 Å². The molecule has 0 spiro atoms. The van der Waals surface area contributed by atoms with Gasteiger partial charge in [0.05, 0.1) is 10.2 Å². The van der Waals surface area contributed by atoms with Crippen molar-refractivity contribution in [2.75, 3.05) is 6.54 Å². The van der Waals surface area contributed by atoms with E-state index < -0.39 is 11.9 Å². The highest BCUT2D eigenvalue weighted by Gasteiger charge is 2.34. The molecule has 2 heterocycles. The average Bonchev–Trinajstić information content (AvgIpc) is 3.04. The summed E-state index contributed by atoms with van der Waals surface area (Å²) in [6, 6.07) is 0.974. The van der Waals surface area contributed by atoms with Gasteiger partial charge < -0.3 is 5.32 Å². The van der Waals surface area contributed by atoms with Crippen LogP contribution in [-0.4, -0.2) is 32.0 Å². The van der Waals surface area contributed by atoms with Crippen molar-refractivity contribution < 1.29 is 18.0 Å². The predicted octanol–water partition coefficient (Wildman–Crippen LogP) is 3.07. The lowest BCUT2D eigenvalue weighted by atomic mass is 10.3. The summed E-state index contributed by atoms with van der Waals surface area (Å²) >= 11 is 3.38. The minimum atomic E-state index is -4.47. The lowest BCUT2D eigenvalue weighted by Crippen LogP contribution is -2.26. The quantitative estimate of drug-likeness (QED) is 0.698. The highest BCUT2D eigenvalue weighted by Crippen LogP contribution is 2.28. The molecule has 25 heavy (non-hydrogen) atoms. The molecule has 6 nitrogen and oxygen atoms in total. The van der Waals surface area contributed by atoms with Gasteiger partial charge in [-0.1, -0.05) is 0 Å². The molecular formula is C15H19BrF3N5O. The Hall–Kier alpha value is -1.84. The molecule has 0 aliphatic carbocycles. The number of carbonyl (C=O) groups is 1. The fourth-order valence-corrected chi connectivity index (χ4v) is 2.56. The summed E-state index contributed by atoms with van der Waals surface area (Å²) in [6.07, 6.45) is -1.82. The minimum absolute atomic E-state index is 0.0756. The molecule has 1 N–H and O–H groups in total. The molecule has 0 fully saturated rings. The highest BCUT2D eigenvalue weighted by molar-refractivity contribution is 9.10. The molecule has 0 aliphatic heterocycles. The van der Waals surface area contributed by atoms with Gasteiger partial charge in [0.15, 0.2) is 5.69 Å². The van der Waals surface area contributed by atoms with Gasteiger partial charge >= 0.3 is 6.18 Å². The predicted molar refractivity (Wildman–Crippen MR) is 88.9 cm³/mol. The van der Waals surface area contributed by atoms with Gasteiger partial charge in [-0.15, -0.1) is 0 Å². The van der Waals surface area contributed by atoms with Crippen molar-refractivity contribution in [3.63, 3.8) is 0 Å². The van der Waals surface area contributed by atoms with Gasteiger partial charge in [0.1, 0.15) is 0 Å². The van der Waals surface area contributed by atoms with Gasteiger partial charge in [-0.2, -0.15) is 23.4 Å². The van der Waals surface area contributed by atoms with Gasteiger partial charge in [-0.3, -0.25) is 14.2 Å². The van der Waals surface area contributed by atoms with E-state index in [9.17, 15) is 18.0 Å². The fourth-order valence-electron chi connectivity index (χ4n) is 2.25. The first-order chi connectivity index (χ1) is 11.7. The maximum absolute atomic E-state index is 12.6. The number of hydrogen-bond donors (Lipinski definition) is 1. The van der Waals surface area contributed by atoms with Gasteiger partial charge in [-0.05, 0) is 42.3 Å². The van der Waals surface area contributed by atoms with Crippen LogP contribution in [0.25, 0.3) is 0 Å². The second-order valence-electron chi connectivity index (χ2n) is 5.67. The van der Waals surface area contributed by atoms with E-state index in [0.717, 1.165) is 16.2 Å². The standard InChI is InChI=1S/C15H19BrF3N5O/c1-10-8-13(15(17,18)19)22-24(10)7-4-14(25)20-5-3-6-23-9-12(16)11(2)21-23/h8-9H,3-7H2,1-2H3,(H,20,25). The summed E-state index contributed by atoms with van der Waals surface area (Å²) < 4.78 is 41.7. The summed E-state index contributed by atoms with van der Waals surface area (Å²) in [5, 5.41) is 10.5. The molecule has 0 bridgehead atoms. The zero-order chi connectivity index (χ0) is 18.6. The molecule has 138 valence electrons. The lowest BCUT2D eigenvalue weighted by molar-refractivity contribution is -0.141. The number of halogens is 4. The van der Waals surface area contributed by atoms with Crippen molar-refractivity contribution in [2.24, 2.45) is 0 Å². The number of rotatable bonds is 7. The van der Waals surface area contributed by atoms with Crippen LogP contribution in [-0.2, 0) is 24.1 Å². The number of aromatic nitrogens is 4. The number of alkyl halides is 3. The van der Waals surface area contributed by atoms with Crippen molar-refractivity contribution >= 4 is 21.8 Å². The second-order valence-corrected chi connectivity index (χ2v) is 6.53. The SMILES string of the molecule is Cc1nn(CCCNC(=O)CCn2nc(C(F)(F)F)cc2C)cc1Br. The first-order valence-corrected chi connectivity index (χ1v) is 8.54. The largest absolute Gasteiger partial charge is 0.435 e. The van der Waals surface area contributed by atoms with Crippen LogP contribution in [0.3, 0.4) is 0 Å². The van der Waals surface area contributed by atoms with E-state index in [1.165, 1.54) is 11.6 Å². The van der Waals surface area contributed by atoms with Crippen LogP contribution >= 0.6 is 15.9 Å². The lowest BCUT2D eigenvalue weighted by Gasteiger charge is -2.07. The third-order valence-corrected chi connectivity index (χ3v) is 4.37. The third-order valence-electron chi connectivity index (χ3n) is 3.59. The molecule has 1 amide bonds. The summed E-state index contributed by atoms with van der Waals surface area (Å²) in [5.74, 6) is -0.221. The van der Waals surface area contributed by atoms with Gasteiger partial charge in [0.25, 0.3) is 0 Å². The molecule has 2 aromatic rings. The Balaban J connectivity index is 1.71. The first-order valence-electron chi connectivity index (χ1n) is 7.74. The maximum Gasteiger partial charge on any atom is 0.435 e. The smallest absolute Gasteiger partial charge is 0.356 e. The summed E-state index contributed by atoms with van der Waals surface area (Å²) in [5.41, 5.74) is 0.336. The van der Waals surface area contributed by atoms with Crippen LogP contribution < -0.4 is 5.32 Å². The van der Waals surface area contributed by atoms with E-state index in [1.54, 1.807) is 4.68 Å². The average molecular weight is 422 g/mol. The number of nitrogens with one attached hydrogen (secondary N) is 1. The zero-order valence-electron chi connectivity index (χ0n) is 13.9. The maximum atomic E-state index is 12.6. The Kier molecular flexibility index (Phi) is 6.26. The van der Waals surface area contributed by atoms with E-state index in [1.807, 2.05) is 13.1 Å². The third kappa shape index (κ3) is 5.58. The Morgan fingerprint density at radius 2 is 2.00 bits per heavy atom. The molecule has 2 aromatic heterocycles. The van der Waals surface area contributed by atoms with Gasteiger partial charge in [0.2, 0.25) is 5.91 Å². The second kappa shape index (κ2) is 8.03. The van der Waals surface area contributed by atoms with E-state index in [2.05, 4.69) is 31.4 Å². The van der Waals surface area contributed by atoms with Crippen molar-refractivity contribution in [1.29, 1.82) is 0 Å². The molecule has 2 rings (SSSR count). The Labute approximate surface area is 151 Å². The van der Waals surface area contributed by atoms with Gasteiger partial charge in [-0.25, -0.2) is 0 Å². The van der Waals surface area contributed by atoms with E-state index in [-0.39, 0.29) is 18.9 Å². The molecule has 10 heteroatoms. The zero-order valence-corrected chi connectivity index (χ0v) is 15.5. The summed E-state index contributed by atoms with van der Waals surface area (Å²) in [4.78, 5) is 11.8. The van der Waals surface area contributed by atoms with Crippen LogP contribution in [0.5, 0.6) is 0 Å². The van der Waals surface area contributed by atoms with Crippen LogP contribution in [0.15, 0.2) is 16.7 Å². The topological polar surface area (TPSA) is 64.7 Å². The van der Waals surface area contributed by atoms with Crippen molar-refractivity contribution in [3.05, 3.63) is 33.8 Å². The van der Waals surface area contributed by atoms with Crippen LogP contribution in [0, 0.1) is 13.8 Å². The molecular weight excluding hydrogens is 403 g/mol. The Morgan fingerprint density at radius 3 is 2.56 bits per heavy atom. The fraction of sp³-hybridized carbons (Fsp3) is 0.533. The molecule has 0 atom stereocenters. The first kappa shape index (κ1) is 19.5. The van der Waals surface area contributed by atoms with Crippen molar-refractivity contribution in [3.8, 4) is 0 Å². The Morgan fingerprint density at radius 1 is 1.28 bits per heavy atom. The number of carbonyl (C=O) groups excluding carboxylic acids is 1. The Bertz CT molecular complexity index is 719. The van der Waals surface area contributed by atoms with Gasteiger partial charge in [0, 0.05) is 37.9 Å². The molecule has 0 aliphatic rings. The molecule has 0 radical (unpaired) electrons. The summed E-state index contributed by atoms with van der Waals surface area (Å²) in [7, 11) is 0. The van der Waals surface area contributed by atoms with Crippen LogP contribution in [0.4, 0.5) is 13.2 Å². The van der Waals surface area contributed by atoms with E-state index in [0.29, 0.717) is 25.2 Å². The molecule has 0 saturated heterocycles. The number of nitrogens with zero attached hydrogens (tertiary/aromatic N) is 4. The van der Waals surface area contributed by atoms with E-state index >= 15 is 0 Å². The van der Waals surface area contributed by atoms with E-state index in [4.69, 9.17) is 0 Å². The van der Waals surface area contributed by atoms with Crippen molar-refractivity contribution in [1.82, 2.24) is 24.9 Å². The van der Waals surface area contributed by atoms with Crippen molar-refractivity contribution in [2.45, 2.75) is 46.0 Å². The normalized spacial score (nSPS) is 11.8. The number of hydrogen-bond acceptors (Lipinski definition) is 3. The highest BCUT2D eigenvalue weighted by atomic mass is 79.9. The molecule has 0 unspecified atom stereocenters. The van der Waals surface area contributed by atoms with Crippen LogP contribution in [0.2, 0.25) is 0 Å².